The summed E-state index contributed by atoms with van der Waals surface area (Å²) in [5.41, 5.74) is 4.19. The second kappa shape index (κ2) is 5.43. The predicted molar refractivity (Wildman–Crippen MR) is 81.0 cm³/mol. The lowest BCUT2D eigenvalue weighted by atomic mass is 10.1. The summed E-state index contributed by atoms with van der Waals surface area (Å²) in [6.07, 6.45) is 6.03. The Morgan fingerprint density at radius 2 is 2.05 bits per heavy atom. The van der Waals surface area contributed by atoms with Crippen LogP contribution in [0.15, 0.2) is 47.2 Å². The molecular weight excluding hydrogens is 300 g/mol. The first kappa shape index (κ1) is 12.8. The van der Waals surface area contributed by atoms with Crippen LogP contribution in [-0.4, -0.2) is 4.98 Å². The monoisotopic (exact) mass is 316 g/mol. The maximum atomic E-state index is 4.07. The number of hydrogen-bond acceptors (Lipinski definition) is 2. The largest absolute Gasteiger partial charge is 0.303 e. The number of benzene rings is 1. The summed E-state index contributed by atoms with van der Waals surface area (Å²) < 4.78 is 1.24. The van der Waals surface area contributed by atoms with Crippen molar-refractivity contribution in [2.24, 2.45) is 0 Å². The van der Waals surface area contributed by atoms with Crippen LogP contribution in [0.2, 0.25) is 0 Å². The molecule has 1 aliphatic rings. The Hall–Kier alpha value is -1.19. The van der Waals surface area contributed by atoms with E-state index >= 15 is 0 Å². The summed E-state index contributed by atoms with van der Waals surface area (Å²) >= 11 is 3.65. The van der Waals surface area contributed by atoms with Crippen molar-refractivity contribution in [1.82, 2.24) is 10.3 Å². The van der Waals surface area contributed by atoms with Crippen molar-refractivity contribution in [3.05, 3.63) is 63.9 Å². The van der Waals surface area contributed by atoms with Gasteiger partial charge in [0.25, 0.3) is 0 Å². The fourth-order valence-electron chi connectivity index (χ4n) is 2.83. The minimum atomic E-state index is 0.345. The molecule has 2 nitrogen and oxygen atoms in total. The van der Waals surface area contributed by atoms with Gasteiger partial charge in [-0.15, -0.1) is 0 Å². The lowest BCUT2D eigenvalue weighted by molar-refractivity contribution is 0.465. The summed E-state index contributed by atoms with van der Waals surface area (Å²) in [5.74, 6) is 0. The van der Waals surface area contributed by atoms with Gasteiger partial charge in [0.05, 0.1) is 0 Å². The highest BCUT2D eigenvalue weighted by Crippen LogP contribution is 2.36. The third-order valence-electron chi connectivity index (χ3n) is 3.87. The average Bonchev–Trinajstić information content (AvgIpc) is 2.84. The van der Waals surface area contributed by atoms with Gasteiger partial charge in [0.1, 0.15) is 0 Å². The third kappa shape index (κ3) is 2.58. The molecule has 3 rings (SSSR count). The quantitative estimate of drug-likeness (QED) is 0.918. The molecule has 3 heteroatoms. The van der Waals surface area contributed by atoms with Gasteiger partial charge in [-0.25, -0.2) is 0 Å². The standard InChI is InChI=1S/C16H17BrN2/c1-11(12-7-9-18-10-8-12)19-16-6-5-13-14(16)3-2-4-15(13)17/h2-4,7-11,16,19H,5-6H2,1H3. The van der Waals surface area contributed by atoms with E-state index < -0.39 is 0 Å². The summed E-state index contributed by atoms with van der Waals surface area (Å²) in [4.78, 5) is 4.07. The smallest absolute Gasteiger partial charge is 0.0331 e. The van der Waals surface area contributed by atoms with Crippen LogP contribution in [0.25, 0.3) is 0 Å². The van der Waals surface area contributed by atoms with E-state index in [2.05, 4.69) is 63.5 Å². The van der Waals surface area contributed by atoms with Gasteiger partial charge >= 0.3 is 0 Å². The molecule has 0 saturated carbocycles. The van der Waals surface area contributed by atoms with Gasteiger partial charge in [-0.1, -0.05) is 28.1 Å². The Balaban J connectivity index is 1.78. The lowest BCUT2D eigenvalue weighted by Crippen LogP contribution is -2.23. The molecule has 0 spiro atoms. The molecule has 0 radical (unpaired) electrons. The maximum Gasteiger partial charge on any atom is 0.0331 e. The molecule has 0 aliphatic heterocycles. The topological polar surface area (TPSA) is 24.9 Å². The molecule has 1 aliphatic carbocycles. The molecule has 2 unspecified atom stereocenters. The zero-order valence-electron chi connectivity index (χ0n) is 10.9. The fourth-order valence-corrected chi connectivity index (χ4v) is 3.41. The van der Waals surface area contributed by atoms with Crippen LogP contribution in [0.5, 0.6) is 0 Å². The molecule has 1 N–H and O–H groups in total. The number of aromatic nitrogens is 1. The van der Waals surface area contributed by atoms with E-state index in [4.69, 9.17) is 0 Å². The van der Waals surface area contributed by atoms with Crippen LogP contribution < -0.4 is 5.32 Å². The van der Waals surface area contributed by atoms with Crippen molar-refractivity contribution in [2.45, 2.75) is 31.8 Å². The summed E-state index contributed by atoms with van der Waals surface area (Å²) in [6, 6.07) is 11.5. The van der Waals surface area contributed by atoms with Crippen LogP contribution >= 0.6 is 15.9 Å². The molecule has 1 aromatic carbocycles. The molecule has 98 valence electrons. The molecule has 2 atom stereocenters. The van der Waals surface area contributed by atoms with Crippen LogP contribution in [0.3, 0.4) is 0 Å². The molecule has 1 aromatic heterocycles. The van der Waals surface area contributed by atoms with Crippen molar-refractivity contribution in [2.75, 3.05) is 0 Å². The van der Waals surface area contributed by atoms with Crippen LogP contribution in [-0.2, 0) is 6.42 Å². The minimum Gasteiger partial charge on any atom is -0.303 e. The summed E-state index contributed by atoms with van der Waals surface area (Å²) in [7, 11) is 0. The number of nitrogens with one attached hydrogen (secondary N) is 1. The van der Waals surface area contributed by atoms with E-state index in [9.17, 15) is 0 Å². The minimum absolute atomic E-state index is 0.345. The second-order valence-corrected chi connectivity index (χ2v) is 5.92. The van der Waals surface area contributed by atoms with Gasteiger partial charge in [0, 0.05) is 29.0 Å². The maximum absolute atomic E-state index is 4.07. The van der Waals surface area contributed by atoms with Gasteiger partial charge in [0.2, 0.25) is 0 Å². The van der Waals surface area contributed by atoms with E-state index in [1.807, 2.05) is 12.4 Å². The number of nitrogens with zero attached hydrogens (tertiary/aromatic N) is 1. The van der Waals surface area contributed by atoms with Crippen molar-refractivity contribution in [1.29, 1.82) is 0 Å². The van der Waals surface area contributed by atoms with E-state index in [0.717, 1.165) is 6.42 Å². The Labute approximate surface area is 122 Å². The normalized spacial score (nSPS) is 19.2. The average molecular weight is 317 g/mol. The second-order valence-electron chi connectivity index (χ2n) is 5.07. The van der Waals surface area contributed by atoms with E-state index in [1.54, 1.807) is 0 Å². The highest BCUT2D eigenvalue weighted by molar-refractivity contribution is 9.10. The van der Waals surface area contributed by atoms with Gasteiger partial charge in [-0.2, -0.15) is 0 Å². The van der Waals surface area contributed by atoms with Crippen LogP contribution in [0, 0.1) is 0 Å². The SMILES string of the molecule is CC(NC1CCc2c(Br)cccc21)c1ccncc1. The molecular formula is C16H17BrN2. The van der Waals surface area contributed by atoms with Gasteiger partial charge in [-0.05, 0) is 54.7 Å². The summed E-state index contributed by atoms with van der Waals surface area (Å²) in [6.45, 7) is 2.21. The first-order valence-corrected chi connectivity index (χ1v) is 7.48. The predicted octanol–water partition coefficient (Wildman–Crippen LogP) is 4.18. The number of pyridine rings is 1. The number of fused-ring (bicyclic) bond motifs is 1. The number of rotatable bonds is 3. The zero-order valence-corrected chi connectivity index (χ0v) is 12.5. The van der Waals surface area contributed by atoms with Crippen LogP contribution in [0.4, 0.5) is 0 Å². The molecule has 0 fully saturated rings. The van der Waals surface area contributed by atoms with Crippen LogP contribution in [0.1, 0.15) is 42.1 Å². The Bertz CT molecular complexity index is 568. The van der Waals surface area contributed by atoms with Gasteiger partial charge < -0.3 is 5.32 Å². The molecule has 2 aromatic rings. The first-order chi connectivity index (χ1) is 9.25. The molecule has 19 heavy (non-hydrogen) atoms. The van der Waals surface area contributed by atoms with Gasteiger partial charge in [0.15, 0.2) is 0 Å². The fraction of sp³-hybridized carbons (Fsp3) is 0.312. The zero-order chi connectivity index (χ0) is 13.2. The highest BCUT2D eigenvalue weighted by Gasteiger charge is 2.25. The van der Waals surface area contributed by atoms with E-state index in [-0.39, 0.29) is 0 Å². The van der Waals surface area contributed by atoms with Gasteiger partial charge in [-0.3, -0.25) is 4.98 Å². The van der Waals surface area contributed by atoms with Crippen molar-refractivity contribution >= 4 is 15.9 Å². The van der Waals surface area contributed by atoms with E-state index in [1.165, 1.54) is 27.6 Å². The number of hydrogen-bond donors (Lipinski definition) is 1. The Morgan fingerprint density at radius 3 is 2.84 bits per heavy atom. The van der Waals surface area contributed by atoms with Crippen molar-refractivity contribution in [3.8, 4) is 0 Å². The van der Waals surface area contributed by atoms with Crippen molar-refractivity contribution < 1.29 is 0 Å². The lowest BCUT2D eigenvalue weighted by Gasteiger charge is -2.20. The third-order valence-corrected chi connectivity index (χ3v) is 4.61. The molecule has 0 amide bonds. The Morgan fingerprint density at radius 1 is 1.26 bits per heavy atom. The Kier molecular flexibility index (Phi) is 3.67. The molecule has 1 heterocycles. The van der Waals surface area contributed by atoms with Crippen molar-refractivity contribution in [3.63, 3.8) is 0 Å². The highest BCUT2D eigenvalue weighted by atomic mass is 79.9. The number of halogens is 1. The van der Waals surface area contributed by atoms with E-state index in [0.29, 0.717) is 12.1 Å². The molecule has 0 bridgehead atoms. The first-order valence-electron chi connectivity index (χ1n) is 6.69. The molecule has 0 saturated heterocycles. The summed E-state index contributed by atoms with van der Waals surface area (Å²) in [5, 5.41) is 3.73.